The third kappa shape index (κ3) is 3.15. The van der Waals surface area contributed by atoms with Crippen molar-refractivity contribution in [2.24, 2.45) is 0 Å². The van der Waals surface area contributed by atoms with Gasteiger partial charge in [0.2, 0.25) is 11.8 Å². The fourth-order valence-electron chi connectivity index (χ4n) is 2.10. The average molecular weight is 337 g/mol. The number of halogens is 2. The van der Waals surface area contributed by atoms with Crippen LogP contribution in [0.25, 0.3) is 0 Å². The van der Waals surface area contributed by atoms with Crippen LogP contribution >= 0.6 is 23.2 Å². The topological polar surface area (TPSA) is 56.7 Å². The standard InChI is InChI=1S/C15H14Cl2N4O/c1-9-13(17)8-21(20-9)10(2)15-19-18-14(22-15)7-11-4-3-5-12(16)6-11/h3-6,8,10H,7H2,1-2H3. The molecule has 1 unspecified atom stereocenters. The van der Waals surface area contributed by atoms with Crippen molar-refractivity contribution in [1.29, 1.82) is 0 Å². The molecule has 1 atom stereocenters. The molecule has 0 fully saturated rings. The smallest absolute Gasteiger partial charge is 0.240 e. The van der Waals surface area contributed by atoms with E-state index in [1.54, 1.807) is 10.9 Å². The zero-order chi connectivity index (χ0) is 15.7. The molecule has 0 aliphatic heterocycles. The molecule has 22 heavy (non-hydrogen) atoms. The second-order valence-corrected chi connectivity index (χ2v) is 5.90. The Hall–Kier alpha value is -1.85. The molecule has 1 aromatic carbocycles. The number of benzene rings is 1. The van der Waals surface area contributed by atoms with Crippen molar-refractivity contribution in [3.05, 3.63) is 63.5 Å². The van der Waals surface area contributed by atoms with Crippen LogP contribution in [0.4, 0.5) is 0 Å². The minimum absolute atomic E-state index is 0.174. The van der Waals surface area contributed by atoms with Crippen LogP contribution in [0.1, 0.15) is 36.0 Å². The van der Waals surface area contributed by atoms with E-state index < -0.39 is 0 Å². The number of hydrogen-bond donors (Lipinski definition) is 0. The molecule has 3 rings (SSSR count). The Morgan fingerprint density at radius 3 is 2.77 bits per heavy atom. The van der Waals surface area contributed by atoms with Gasteiger partial charge in [-0.25, -0.2) is 0 Å². The highest BCUT2D eigenvalue weighted by Crippen LogP contribution is 2.21. The van der Waals surface area contributed by atoms with E-state index in [4.69, 9.17) is 27.6 Å². The van der Waals surface area contributed by atoms with E-state index in [1.807, 2.05) is 38.1 Å². The lowest BCUT2D eigenvalue weighted by Gasteiger charge is -2.06. The van der Waals surface area contributed by atoms with Gasteiger partial charge in [-0.1, -0.05) is 35.3 Å². The summed E-state index contributed by atoms with van der Waals surface area (Å²) in [6, 6.07) is 7.40. The first kappa shape index (κ1) is 15.1. The van der Waals surface area contributed by atoms with E-state index in [1.165, 1.54) is 0 Å². The molecule has 2 heterocycles. The van der Waals surface area contributed by atoms with Gasteiger partial charge < -0.3 is 4.42 Å². The van der Waals surface area contributed by atoms with Crippen molar-refractivity contribution in [1.82, 2.24) is 20.0 Å². The number of aryl methyl sites for hydroxylation is 1. The third-order valence-corrected chi connectivity index (χ3v) is 3.94. The zero-order valence-electron chi connectivity index (χ0n) is 12.1. The minimum atomic E-state index is -0.174. The maximum atomic E-state index is 6.03. The molecule has 0 aliphatic carbocycles. The Morgan fingerprint density at radius 1 is 1.27 bits per heavy atom. The largest absolute Gasteiger partial charge is 0.423 e. The number of aromatic nitrogens is 4. The van der Waals surface area contributed by atoms with E-state index in [9.17, 15) is 0 Å². The summed E-state index contributed by atoms with van der Waals surface area (Å²) in [6.07, 6.45) is 2.29. The zero-order valence-corrected chi connectivity index (χ0v) is 13.6. The Bertz CT molecular complexity index is 777. The van der Waals surface area contributed by atoms with Crippen molar-refractivity contribution in [2.75, 3.05) is 0 Å². The van der Waals surface area contributed by atoms with Crippen LogP contribution in [0.15, 0.2) is 34.9 Å². The minimum Gasteiger partial charge on any atom is -0.423 e. The first-order chi connectivity index (χ1) is 10.5. The van der Waals surface area contributed by atoms with Crippen LogP contribution in [-0.4, -0.2) is 20.0 Å². The second-order valence-electron chi connectivity index (χ2n) is 5.06. The van der Waals surface area contributed by atoms with Crippen molar-refractivity contribution in [3.8, 4) is 0 Å². The van der Waals surface area contributed by atoms with Gasteiger partial charge in [-0.3, -0.25) is 4.68 Å². The highest BCUT2D eigenvalue weighted by Gasteiger charge is 2.18. The predicted octanol–water partition coefficient (Wildman–Crippen LogP) is 4.08. The van der Waals surface area contributed by atoms with Gasteiger partial charge in [0.15, 0.2) is 0 Å². The van der Waals surface area contributed by atoms with Crippen molar-refractivity contribution in [3.63, 3.8) is 0 Å². The summed E-state index contributed by atoms with van der Waals surface area (Å²) >= 11 is 12.0. The first-order valence-electron chi connectivity index (χ1n) is 6.81. The molecule has 7 heteroatoms. The van der Waals surface area contributed by atoms with Gasteiger partial charge in [-0.2, -0.15) is 5.10 Å². The monoisotopic (exact) mass is 336 g/mol. The van der Waals surface area contributed by atoms with Crippen LogP contribution in [-0.2, 0) is 6.42 Å². The SMILES string of the molecule is Cc1nn(C(C)c2nnc(Cc3cccc(Cl)c3)o2)cc1Cl. The van der Waals surface area contributed by atoms with Crippen LogP contribution in [0, 0.1) is 6.92 Å². The quantitative estimate of drug-likeness (QED) is 0.720. The number of nitrogens with zero attached hydrogens (tertiary/aromatic N) is 4. The van der Waals surface area contributed by atoms with Gasteiger partial charge >= 0.3 is 0 Å². The summed E-state index contributed by atoms with van der Waals surface area (Å²) in [7, 11) is 0. The lowest BCUT2D eigenvalue weighted by molar-refractivity contribution is 0.391. The van der Waals surface area contributed by atoms with E-state index in [-0.39, 0.29) is 6.04 Å². The number of rotatable bonds is 4. The lowest BCUT2D eigenvalue weighted by atomic mass is 10.1. The summed E-state index contributed by atoms with van der Waals surface area (Å²) in [4.78, 5) is 0. The fourth-order valence-corrected chi connectivity index (χ4v) is 2.45. The normalized spacial score (nSPS) is 12.5. The van der Waals surface area contributed by atoms with E-state index in [0.717, 1.165) is 11.3 Å². The molecule has 114 valence electrons. The van der Waals surface area contributed by atoms with Crippen LogP contribution < -0.4 is 0 Å². The van der Waals surface area contributed by atoms with Gasteiger partial charge in [0.1, 0.15) is 6.04 Å². The van der Waals surface area contributed by atoms with E-state index >= 15 is 0 Å². The molecule has 3 aromatic rings. The van der Waals surface area contributed by atoms with Gasteiger partial charge in [0.25, 0.3) is 0 Å². The molecule has 0 amide bonds. The van der Waals surface area contributed by atoms with E-state index in [2.05, 4.69) is 15.3 Å². The lowest BCUT2D eigenvalue weighted by Crippen LogP contribution is -2.07. The van der Waals surface area contributed by atoms with Gasteiger partial charge in [0, 0.05) is 11.2 Å². The fraction of sp³-hybridized carbons (Fsp3) is 0.267. The molecule has 0 aliphatic rings. The van der Waals surface area contributed by atoms with Crippen LogP contribution in [0.3, 0.4) is 0 Å². The molecular formula is C15H14Cl2N4O. The third-order valence-electron chi connectivity index (χ3n) is 3.34. The van der Waals surface area contributed by atoms with Crippen molar-refractivity contribution >= 4 is 23.2 Å². The van der Waals surface area contributed by atoms with Gasteiger partial charge in [-0.15, -0.1) is 10.2 Å². The first-order valence-corrected chi connectivity index (χ1v) is 7.56. The van der Waals surface area contributed by atoms with Gasteiger partial charge in [0.05, 0.1) is 17.1 Å². The molecule has 0 saturated carbocycles. The molecule has 0 N–H and O–H groups in total. The molecular weight excluding hydrogens is 323 g/mol. The predicted molar refractivity (Wildman–Crippen MR) is 84.3 cm³/mol. The van der Waals surface area contributed by atoms with Gasteiger partial charge in [-0.05, 0) is 31.5 Å². The van der Waals surface area contributed by atoms with Crippen molar-refractivity contribution < 1.29 is 4.42 Å². The van der Waals surface area contributed by atoms with E-state index in [0.29, 0.717) is 28.2 Å². The molecule has 2 aromatic heterocycles. The molecule has 0 saturated heterocycles. The Labute approximate surface area is 137 Å². The molecule has 0 radical (unpaired) electrons. The summed E-state index contributed by atoms with van der Waals surface area (Å²) in [6.45, 7) is 3.78. The molecule has 0 spiro atoms. The summed E-state index contributed by atoms with van der Waals surface area (Å²) in [5, 5.41) is 13.8. The highest BCUT2D eigenvalue weighted by atomic mass is 35.5. The average Bonchev–Trinajstić information content (AvgIpc) is 3.06. The Balaban J connectivity index is 1.78. The maximum Gasteiger partial charge on any atom is 0.240 e. The highest BCUT2D eigenvalue weighted by molar-refractivity contribution is 6.31. The van der Waals surface area contributed by atoms with Crippen LogP contribution in [0.5, 0.6) is 0 Å². The summed E-state index contributed by atoms with van der Waals surface area (Å²) < 4.78 is 7.44. The summed E-state index contributed by atoms with van der Waals surface area (Å²) in [5.74, 6) is 1.04. The molecule has 0 bridgehead atoms. The Kier molecular flexibility index (Phi) is 4.18. The maximum absolute atomic E-state index is 6.03. The van der Waals surface area contributed by atoms with Crippen molar-refractivity contribution in [2.45, 2.75) is 26.3 Å². The second kappa shape index (κ2) is 6.10. The number of hydrogen-bond acceptors (Lipinski definition) is 4. The van der Waals surface area contributed by atoms with Crippen LogP contribution in [0.2, 0.25) is 10.0 Å². The summed E-state index contributed by atoms with van der Waals surface area (Å²) in [5.41, 5.74) is 1.79. The molecule has 5 nitrogen and oxygen atoms in total. The Morgan fingerprint density at radius 2 is 2.09 bits per heavy atom.